The molecule has 1 N–H and O–H groups in total. The number of aromatic nitrogens is 1. The third kappa shape index (κ3) is 1.28. The van der Waals surface area contributed by atoms with Crippen LogP contribution in [0.5, 0.6) is 0 Å². The van der Waals surface area contributed by atoms with Crippen LogP contribution in [-0.2, 0) is 6.42 Å². The summed E-state index contributed by atoms with van der Waals surface area (Å²) in [6.07, 6.45) is 1.76. The molecule has 14 heavy (non-hydrogen) atoms. The zero-order chi connectivity index (χ0) is 10.1. The van der Waals surface area contributed by atoms with E-state index in [1.807, 2.05) is 25.1 Å². The van der Waals surface area contributed by atoms with Crippen molar-refractivity contribution in [2.45, 2.75) is 13.3 Å². The third-order valence-corrected chi connectivity index (χ3v) is 3.04. The monoisotopic (exact) mass is 251 g/mol. The van der Waals surface area contributed by atoms with Gasteiger partial charge in [-0.1, -0.05) is 19.1 Å². The number of aryl methyl sites for hydroxylation is 1. The van der Waals surface area contributed by atoms with Gasteiger partial charge in [-0.2, -0.15) is 0 Å². The van der Waals surface area contributed by atoms with Crippen molar-refractivity contribution in [3.05, 3.63) is 33.9 Å². The number of aromatic amines is 1. The Balaban J connectivity index is 2.86. The number of fused-ring (bicyclic) bond motifs is 1. The highest BCUT2D eigenvalue weighted by Crippen LogP contribution is 2.27. The van der Waals surface area contributed by atoms with Gasteiger partial charge in [0.15, 0.2) is 6.29 Å². The molecule has 1 heterocycles. The van der Waals surface area contributed by atoms with Gasteiger partial charge in [0, 0.05) is 21.1 Å². The normalized spacial score (nSPS) is 10.7. The fourth-order valence-corrected chi connectivity index (χ4v) is 2.14. The van der Waals surface area contributed by atoms with Crippen LogP contribution < -0.4 is 0 Å². The number of nitrogens with one attached hydrogen (secondary N) is 1. The molecule has 2 rings (SSSR count). The predicted octanol–water partition coefficient (Wildman–Crippen LogP) is 3.31. The maximum Gasteiger partial charge on any atom is 0.152 e. The van der Waals surface area contributed by atoms with Gasteiger partial charge in [-0.15, -0.1) is 0 Å². The SMILES string of the molecule is CCc1[nH]c2c(Br)cccc2c1C=O. The zero-order valence-electron chi connectivity index (χ0n) is 7.80. The van der Waals surface area contributed by atoms with Crippen molar-refractivity contribution in [2.24, 2.45) is 0 Å². The zero-order valence-corrected chi connectivity index (χ0v) is 9.39. The largest absolute Gasteiger partial charge is 0.357 e. The molecule has 1 aromatic carbocycles. The highest BCUT2D eigenvalue weighted by Gasteiger charge is 2.10. The molecule has 0 atom stereocenters. The van der Waals surface area contributed by atoms with Gasteiger partial charge in [0.05, 0.1) is 5.52 Å². The molecule has 0 bridgehead atoms. The minimum atomic E-state index is 0.781. The van der Waals surface area contributed by atoms with Crippen molar-refractivity contribution in [1.29, 1.82) is 0 Å². The van der Waals surface area contributed by atoms with E-state index in [1.165, 1.54) is 0 Å². The topological polar surface area (TPSA) is 32.9 Å². The molecule has 0 fully saturated rings. The van der Waals surface area contributed by atoms with Crippen LogP contribution in [0.1, 0.15) is 23.0 Å². The molecule has 0 amide bonds. The number of hydrogen-bond donors (Lipinski definition) is 1. The van der Waals surface area contributed by atoms with Gasteiger partial charge in [0.1, 0.15) is 0 Å². The van der Waals surface area contributed by atoms with Gasteiger partial charge in [-0.05, 0) is 28.4 Å². The maximum atomic E-state index is 10.9. The summed E-state index contributed by atoms with van der Waals surface area (Å²) in [5, 5.41) is 0.992. The molecule has 0 aliphatic carbocycles. The highest BCUT2D eigenvalue weighted by atomic mass is 79.9. The second kappa shape index (κ2) is 3.58. The van der Waals surface area contributed by atoms with Gasteiger partial charge >= 0.3 is 0 Å². The van der Waals surface area contributed by atoms with Gasteiger partial charge < -0.3 is 4.98 Å². The molecule has 0 saturated carbocycles. The lowest BCUT2D eigenvalue weighted by molar-refractivity contribution is 0.112. The van der Waals surface area contributed by atoms with Gasteiger partial charge in [-0.3, -0.25) is 4.79 Å². The Morgan fingerprint density at radius 1 is 1.50 bits per heavy atom. The molecule has 2 nitrogen and oxygen atoms in total. The summed E-state index contributed by atoms with van der Waals surface area (Å²) in [6.45, 7) is 2.03. The fraction of sp³-hybridized carbons (Fsp3) is 0.182. The first-order valence-corrected chi connectivity index (χ1v) is 5.31. The molecule has 0 aliphatic heterocycles. The highest BCUT2D eigenvalue weighted by molar-refractivity contribution is 9.10. The molecule has 0 spiro atoms. The summed E-state index contributed by atoms with van der Waals surface area (Å²) in [7, 11) is 0. The van der Waals surface area contributed by atoms with Gasteiger partial charge in [0.25, 0.3) is 0 Å². The van der Waals surface area contributed by atoms with Crippen molar-refractivity contribution in [2.75, 3.05) is 0 Å². The molecule has 0 aliphatic rings. The molecule has 0 radical (unpaired) electrons. The van der Waals surface area contributed by atoms with Crippen molar-refractivity contribution < 1.29 is 4.79 Å². The lowest BCUT2D eigenvalue weighted by Gasteiger charge is -1.92. The average Bonchev–Trinajstić information content (AvgIpc) is 2.57. The number of benzene rings is 1. The summed E-state index contributed by atoms with van der Waals surface area (Å²) >= 11 is 3.46. The van der Waals surface area contributed by atoms with Crippen LogP contribution in [0.2, 0.25) is 0 Å². The molecule has 1 aromatic heterocycles. The number of aldehydes is 1. The number of para-hydroxylation sites is 1. The van der Waals surface area contributed by atoms with E-state index in [0.717, 1.165) is 39.3 Å². The second-order valence-electron chi connectivity index (χ2n) is 3.15. The molecule has 0 saturated heterocycles. The Morgan fingerprint density at radius 2 is 2.29 bits per heavy atom. The van der Waals surface area contributed by atoms with Crippen LogP contribution in [0.15, 0.2) is 22.7 Å². The summed E-state index contributed by atoms with van der Waals surface area (Å²) in [6, 6.07) is 5.86. The predicted molar refractivity (Wildman–Crippen MR) is 60.8 cm³/mol. The summed E-state index contributed by atoms with van der Waals surface area (Å²) < 4.78 is 0.998. The van der Waals surface area contributed by atoms with Crippen LogP contribution in [0.3, 0.4) is 0 Å². The van der Waals surface area contributed by atoms with Crippen LogP contribution in [-0.4, -0.2) is 11.3 Å². The smallest absolute Gasteiger partial charge is 0.152 e. The van der Waals surface area contributed by atoms with Crippen LogP contribution in [0.25, 0.3) is 10.9 Å². The van der Waals surface area contributed by atoms with E-state index in [1.54, 1.807) is 0 Å². The minimum absolute atomic E-state index is 0.781. The Labute approximate surface area is 90.4 Å². The van der Waals surface area contributed by atoms with Gasteiger partial charge in [0.2, 0.25) is 0 Å². The molecule has 3 heteroatoms. The third-order valence-electron chi connectivity index (χ3n) is 2.38. The molecule has 0 unspecified atom stereocenters. The lowest BCUT2D eigenvalue weighted by atomic mass is 10.1. The van der Waals surface area contributed by atoms with E-state index in [0.29, 0.717) is 0 Å². The molecular formula is C11H10BrNO. The number of rotatable bonds is 2. The Kier molecular flexibility index (Phi) is 2.42. The molecule has 72 valence electrons. The Hall–Kier alpha value is -1.09. The van der Waals surface area contributed by atoms with E-state index in [9.17, 15) is 4.79 Å². The summed E-state index contributed by atoms with van der Waals surface area (Å²) in [5.74, 6) is 0. The van der Waals surface area contributed by atoms with Crippen molar-refractivity contribution in [3.63, 3.8) is 0 Å². The van der Waals surface area contributed by atoms with Crippen LogP contribution >= 0.6 is 15.9 Å². The molecule has 2 aromatic rings. The van der Waals surface area contributed by atoms with E-state index in [2.05, 4.69) is 20.9 Å². The van der Waals surface area contributed by atoms with Crippen molar-refractivity contribution in [1.82, 2.24) is 4.98 Å². The standard InChI is InChI=1S/C11H10BrNO/c1-2-10-8(6-14)7-4-3-5-9(12)11(7)13-10/h3-6,13H,2H2,1H3. The number of hydrogen-bond acceptors (Lipinski definition) is 1. The van der Waals surface area contributed by atoms with Crippen molar-refractivity contribution >= 4 is 33.1 Å². The van der Waals surface area contributed by atoms with E-state index < -0.39 is 0 Å². The Bertz CT molecular complexity index is 487. The summed E-state index contributed by atoms with van der Waals surface area (Å²) in [5.41, 5.74) is 2.79. The fourth-order valence-electron chi connectivity index (χ4n) is 1.67. The summed E-state index contributed by atoms with van der Waals surface area (Å²) in [4.78, 5) is 14.2. The number of H-pyrrole nitrogens is 1. The number of carbonyl (C=O) groups excluding carboxylic acids is 1. The first-order chi connectivity index (χ1) is 6.77. The maximum absolute atomic E-state index is 10.9. The number of carbonyl (C=O) groups is 1. The van der Waals surface area contributed by atoms with Gasteiger partial charge in [-0.25, -0.2) is 0 Å². The first-order valence-electron chi connectivity index (χ1n) is 4.52. The van der Waals surface area contributed by atoms with Crippen molar-refractivity contribution in [3.8, 4) is 0 Å². The average molecular weight is 252 g/mol. The van der Waals surface area contributed by atoms with E-state index in [4.69, 9.17) is 0 Å². The Morgan fingerprint density at radius 3 is 2.93 bits per heavy atom. The number of halogens is 1. The van der Waals surface area contributed by atoms with Crippen LogP contribution in [0, 0.1) is 0 Å². The minimum Gasteiger partial charge on any atom is -0.357 e. The van der Waals surface area contributed by atoms with E-state index >= 15 is 0 Å². The quantitative estimate of drug-likeness (QED) is 0.817. The van der Waals surface area contributed by atoms with Crippen LogP contribution in [0.4, 0.5) is 0 Å². The second-order valence-corrected chi connectivity index (χ2v) is 4.01. The lowest BCUT2D eigenvalue weighted by Crippen LogP contribution is -1.85. The van der Waals surface area contributed by atoms with E-state index in [-0.39, 0.29) is 0 Å². The first kappa shape index (κ1) is 9.46. The molecular weight excluding hydrogens is 242 g/mol.